The molecule has 1 amide bonds. The van der Waals surface area contributed by atoms with E-state index in [0.717, 1.165) is 0 Å². The largest absolute Gasteiger partial charge is 0.508 e. The van der Waals surface area contributed by atoms with Crippen LogP contribution in [0.4, 0.5) is 0 Å². The molecule has 2 N–H and O–H groups in total. The molecule has 0 fully saturated rings. The first kappa shape index (κ1) is 14.4. The molecular formula is C14H21NO3. The van der Waals surface area contributed by atoms with Gasteiger partial charge in [-0.1, -0.05) is 13.8 Å². The van der Waals surface area contributed by atoms with Crippen LogP contribution in [0.15, 0.2) is 18.2 Å². The first-order valence-electron chi connectivity index (χ1n) is 6.16. The molecule has 0 unspecified atom stereocenters. The van der Waals surface area contributed by atoms with Crippen LogP contribution in [-0.4, -0.2) is 33.6 Å². The zero-order valence-electron chi connectivity index (χ0n) is 11.3. The summed E-state index contributed by atoms with van der Waals surface area (Å²) in [6.07, 6.45) is 0. The van der Waals surface area contributed by atoms with Crippen LogP contribution >= 0.6 is 0 Å². The molecule has 18 heavy (non-hydrogen) atoms. The van der Waals surface area contributed by atoms with Crippen molar-refractivity contribution < 1.29 is 15.0 Å². The summed E-state index contributed by atoms with van der Waals surface area (Å²) < 4.78 is 0. The van der Waals surface area contributed by atoms with Crippen LogP contribution in [0.25, 0.3) is 0 Å². The van der Waals surface area contributed by atoms with Gasteiger partial charge in [0.15, 0.2) is 0 Å². The van der Waals surface area contributed by atoms with Crippen LogP contribution in [0, 0.1) is 5.92 Å². The van der Waals surface area contributed by atoms with Gasteiger partial charge in [-0.3, -0.25) is 4.79 Å². The Kier molecular flexibility index (Phi) is 4.59. The van der Waals surface area contributed by atoms with Crippen LogP contribution < -0.4 is 0 Å². The van der Waals surface area contributed by atoms with Crippen molar-refractivity contribution in [2.45, 2.75) is 33.7 Å². The minimum atomic E-state index is -0.212. The molecule has 0 atom stereocenters. The molecule has 100 valence electrons. The summed E-state index contributed by atoms with van der Waals surface area (Å²) in [5.74, 6) is -0.0924. The number of carbonyl (C=O) groups is 1. The predicted octanol–water partition coefficient (Wildman–Crippen LogP) is 2.60. The van der Waals surface area contributed by atoms with E-state index in [4.69, 9.17) is 0 Å². The lowest BCUT2D eigenvalue weighted by Gasteiger charge is -2.28. The topological polar surface area (TPSA) is 60.8 Å². The molecule has 1 rings (SSSR count). The lowest BCUT2D eigenvalue weighted by molar-refractivity contribution is 0.0679. The van der Waals surface area contributed by atoms with Gasteiger partial charge in [0, 0.05) is 18.7 Å². The molecule has 0 saturated carbocycles. The van der Waals surface area contributed by atoms with E-state index in [-0.39, 0.29) is 29.0 Å². The SMILES string of the molecule is CC(C)CN(C(=O)c1ccc(O)cc1O)C(C)C. The van der Waals surface area contributed by atoms with E-state index >= 15 is 0 Å². The van der Waals surface area contributed by atoms with Crippen molar-refractivity contribution in [2.24, 2.45) is 5.92 Å². The molecule has 0 bridgehead atoms. The quantitative estimate of drug-likeness (QED) is 0.864. The van der Waals surface area contributed by atoms with Gasteiger partial charge in [0.05, 0.1) is 5.56 Å². The minimum Gasteiger partial charge on any atom is -0.508 e. The van der Waals surface area contributed by atoms with Crippen molar-refractivity contribution in [2.75, 3.05) is 6.54 Å². The van der Waals surface area contributed by atoms with Gasteiger partial charge < -0.3 is 15.1 Å². The normalized spacial score (nSPS) is 11.0. The molecule has 0 saturated heterocycles. The number of rotatable bonds is 4. The fourth-order valence-electron chi connectivity index (χ4n) is 1.78. The average molecular weight is 251 g/mol. The summed E-state index contributed by atoms with van der Waals surface area (Å²) in [5, 5.41) is 18.9. The number of phenolic OH excluding ortho intramolecular Hbond substituents is 2. The molecule has 0 spiro atoms. The van der Waals surface area contributed by atoms with E-state index < -0.39 is 0 Å². The summed E-state index contributed by atoms with van der Waals surface area (Å²) in [5.41, 5.74) is 0.224. The average Bonchev–Trinajstić information content (AvgIpc) is 2.24. The lowest BCUT2D eigenvalue weighted by atomic mass is 10.1. The van der Waals surface area contributed by atoms with Gasteiger partial charge in [-0.25, -0.2) is 0 Å². The molecule has 4 heteroatoms. The lowest BCUT2D eigenvalue weighted by Crippen LogP contribution is -2.39. The third-order valence-electron chi connectivity index (χ3n) is 2.66. The van der Waals surface area contributed by atoms with Gasteiger partial charge in [0.2, 0.25) is 0 Å². The van der Waals surface area contributed by atoms with Crippen LogP contribution in [0.5, 0.6) is 11.5 Å². The Bertz CT molecular complexity index is 427. The van der Waals surface area contributed by atoms with Crippen molar-refractivity contribution in [3.8, 4) is 11.5 Å². The van der Waals surface area contributed by atoms with E-state index in [1.807, 2.05) is 27.7 Å². The fourth-order valence-corrected chi connectivity index (χ4v) is 1.78. The number of benzene rings is 1. The Hall–Kier alpha value is -1.71. The van der Waals surface area contributed by atoms with Crippen LogP contribution in [-0.2, 0) is 0 Å². The minimum absolute atomic E-state index is 0.0518. The molecule has 1 aromatic rings. The van der Waals surface area contributed by atoms with Gasteiger partial charge in [-0.15, -0.1) is 0 Å². The van der Waals surface area contributed by atoms with Gasteiger partial charge in [-0.05, 0) is 31.9 Å². The summed E-state index contributed by atoms with van der Waals surface area (Å²) in [7, 11) is 0. The first-order chi connectivity index (χ1) is 8.32. The summed E-state index contributed by atoms with van der Waals surface area (Å²) in [4.78, 5) is 14.1. The summed E-state index contributed by atoms with van der Waals surface area (Å²) in [6.45, 7) is 8.60. The molecule has 0 aliphatic heterocycles. The molecule has 0 heterocycles. The van der Waals surface area contributed by atoms with E-state index in [1.165, 1.54) is 18.2 Å². The Labute approximate surface area is 108 Å². The smallest absolute Gasteiger partial charge is 0.257 e. The fraction of sp³-hybridized carbons (Fsp3) is 0.500. The number of nitrogens with zero attached hydrogens (tertiary/aromatic N) is 1. The highest BCUT2D eigenvalue weighted by atomic mass is 16.3. The molecule has 0 aromatic heterocycles. The second kappa shape index (κ2) is 5.76. The molecule has 0 aliphatic rings. The maximum Gasteiger partial charge on any atom is 0.257 e. The van der Waals surface area contributed by atoms with Gasteiger partial charge in [0.25, 0.3) is 5.91 Å². The highest BCUT2D eigenvalue weighted by Gasteiger charge is 2.22. The highest BCUT2D eigenvalue weighted by molar-refractivity contribution is 5.97. The zero-order chi connectivity index (χ0) is 13.9. The number of amides is 1. The van der Waals surface area contributed by atoms with Crippen molar-refractivity contribution in [1.29, 1.82) is 0 Å². The maximum absolute atomic E-state index is 12.3. The molecule has 1 aromatic carbocycles. The Morgan fingerprint density at radius 1 is 1.22 bits per heavy atom. The maximum atomic E-state index is 12.3. The number of hydrogen-bond donors (Lipinski definition) is 2. The number of aromatic hydroxyl groups is 2. The molecule has 0 aliphatic carbocycles. The van der Waals surface area contributed by atoms with Crippen LogP contribution in [0.2, 0.25) is 0 Å². The standard InChI is InChI=1S/C14H21NO3/c1-9(2)8-15(10(3)4)14(18)12-6-5-11(16)7-13(12)17/h5-7,9-10,16-17H,8H2,1-4H3. The van der Waals surface area contributed by atoms with E-state index in [0.29, 0.717) is 12.5 Å². The van der Waals surface area contributed by atoms with Crippen molar-refractivity contribution in [3.63, 3.8) is 0 Å². The van der Waals surface area contributed by atoms with E-state index in [1.54, 1.807) is 4.90 Å². The third kappa shape index (κ3) is 3.39. The molecule has 0 radical (unpaired) electrons. The highest BCUT2D eigenvalue weighted by Crippen LogP contribution is 2.24. The number of hydrogen-bond acceptors (Lipinski definition) is 3. The third-order valence-corrected chi connectivity index (χ3v) is 2.66. The van der Waals surface area contributed by atoms with E-state index in [9.17, 15) is 15.0 Å². The van der Waals surface area contributed by atoms with Crippen molar-refractivity contribution in [3.05, 3.63) is 23.8 Å². The number of phenols is 2. The summed E-state index contributed by atoms with van der Waals surface area (Å²) >= 11 is 0. The Morgan fingerprint density at radius 2 is 1.83 bits per heavy atom. The van der Waals surface area contributed by atoms with Crippen LogP contribution in [0.3, 0.4) is 0 Å². The molecule has 4 nitrogen and oxygen atoms in total. The van der Waals surface area contributed by atoms with Crippen molar-refractivity contribution >= 4 is 5.91 Å². The van der Waals surface area contributed by atoms with Gasteiger partial charge >= 0.3 is 0 Å². The first-order valence-corrected chi connectivity index (χ1v) is 6.16. The Morgan fingerprint density at radius 3 is 2.28 bits per heavy atom. The van der Waals surface area contributed by atoms with Crippen molar-refractivity contribution in [1.82, 2.24) is 4.90 Å². The van der Waals surface area contributed by atoms with Gasteiger partial charge in [-0.2, -0.15) is 0 Å². The second-order valence-corrected chi connectivity index (χ2v) is 5.15. The second-order valence-electron chi connectivity index (χ2n) is 5.15. The molecular weight excluding hydrogens is 230 g/mol. The zero-order valence-corrected chi connectivity index (χ0v) is 11.3. The number of carbonyl (C=O) groups excluding carboxylic acids is 1. The van der Waals surface area contributed by atoms with E-state index in [2.05, 4.69) is 0 Å². The van der Waals surface area contributed by atoms with Gasteiger partial charge in [0.1, 0.15) is 11.5 Å². The van der Waals surface area contributed by atoms with Crippen LogP contribution in [0.1, 0.15) is 38.1 Å². The predicted molar refractivity (Wildman–Crippen MR) is 70.8 cm³/mol. The Balaban J connectivity index is 3.02. The monoisotopic (exact) mass is 251 g/mol. The summed E-state index contributed by atoms with van der Waals surface area (Å²) in [6, 6.07) is 4.10.